The molecule has 16 heavy (non-hydrogen) atoms. The standard InChI is InChI=1S/C13H16N2O/c1-3-7-14-13(16)11-4-5-12-10(9-11)6-8-15(12)2/h4-6,8-9H,3,7H2,1-2H3,(H,14,16). The van der Waals surface area contributed by atoms with Gasteiger partial charge < -0.3 is 9.88 Å². The molecular weight excluding hydrogens is 200 g/mol. The molecule has 0 saturated heterocycles. The molecule has 1 N–H and O–H groups in total. The van der Waals surface area contributed by atoms with Gasteiger partial charge in [-0.15, -0.1) is 0 Å². The molecule has 2 rings (SSSR count). The lowest BCUT2D eigenvalue weighted by molar-refractivity contribution is 0.0954. The molecule has 0 fully saturated rings. The van der Waals surface area contributed by atoms with Crippen molar-refractivity contribution in [2.45, 2.75) is 13.3 Å². The van der Waals surface area contributed by atoms with Crippen molar-refractivity contribution in [2.24, 2.45) is 7.05 Å². The van der Waals surface area contributed by atoms with Crippen molar-refractivity contribution in [2.75, 3.05) is 6.54 Å². The smallest absolute Gasteiger partial charge is 0.251 e. The van der Waals surface area contributed by atoms with Crippen molar-refractivity contribution in [1.82, 2.24) is 9.88 Å². The summed E-state index contributed by atoms with van der Waals surface area (Å²) in [7, 11) is 2.00. The second-order valence-electron chi connectivity index (χ2n) is 3.96. The lowest BCUT2D eigenvalue weighted by Gasteiger charge is -2.04. The number of fused-ring (bicyclic) bond motifs is 1. The van der Waals surface area contributed by atoms with Gasteiger partial charge in [0.2, 0.25) is 0 Å². The zero-order valence-corrected chi connectivity index (χ0v) is 9.66. The Kier molecular flexibility index (Phi) is 2.95. The van der Waals surface area contributed by atoms with Crippen molar-refractivity contribution in [3.05, 3.63) is 36.0 Å². The number of nitrogens with zero attached hydrogens (tertiary/aromatic N) is 1. The first-order chi connectivity index (χ1) is 7.72. The fraction of sp³-hybridized carbons (Fsp3) is 0.308. The molecule has 1 aromatic heterocycles. The molecule has 0 spiro atoms. The van der Waals surface area contributed by atoms with Crippen molar-refractivity contribution in [3.63, 3.8) is 0 Å². The zero-order valence-electron chi connectivity index (χ0n) is 9.66. The molecule has 1 heterocycles. The molecule has 0 bridgehead atoms. The molecule has 0 unspecified atom stereocenters. The average Bonchev–Trinajstić information content (AvgIpc) is 2.67. The van der Waals surface area contributed by atoms with Crippen molar-refractivity contribution in [3.8, 4) is 0 Å². The molecule has 3 heteroatoms. The van der Waals surface area contributed by atoms with E-state index in [-0.39, 0.29) is 5.91 Å². The summed E-state index contributed by atoms with van der Waals surface area (Å²) < 4.78 is 2.04. The maximum atomic E-state index is 11.7. The maximum Gasteiger partial charge on any atom is 0.251 e. The van der Waals surface area contributed by atoms with Gasteiger partial charge in [-0.2, -0.15) is 0 Å². The number of carbonyl (C=O) groups is 1. The highest BCUT2D eigenvalue weighted by molar-refractivity contribution is 5.98. The summed E-state index contributed by atoms with van der Waals surface area (Å²) in [5.74, 6) is 0.00704. The number of benzene rings is 1. The van der Waals surface area contributed by atoms with E-state index in [0.717, 1.165) is 29.4 Å². The first-order valence-electron chi connectivity index (χ1n) is 5.55. The van der Waals surface area contributed by atoms with Crippen LogP contribution in [0.15, 0.2) is 30.5 Å². The summed E-state index contributed by atoms with van der Waals surface area (Å²) in [5, 5.41) is 3.98. The van der Waals surface area contributed by atoms with Gasteiger partial charge in [-0.1, -0.05) is 6.92 Å². The number of aromatic nitrogens is 1. The van der Waals surface area contributed by atoms with Crippen LogP contribution in [0.5, 0.6) is 0 Å². The van der Waals surface area contributed by atoms with Crippen LogP contribution in [-0.2, 0) is 7.05 Å². The molecule has 1 aromatic carbocycles. The largest absolute Gasteiger partial charge is 0.352 e. The van der Waals surface area contributed by atoms with E-state index in [2.05, 4.69) is 5.32 Å². The lowest BCUT2D eigenvalue weighted by atomic mass is 10.1. The van der Waals surface area contributed by atoms with E-state index in [9.17, 15) is 4.79 Å². The highest BCUT2D eigenvalue weighted by Gasteiger charge is 2.06. The fourth-order valence-electron chi connectivity index (χ4n) is 1.76. The fourth-order valence-corrected chi connectivity index (χ4v) is 1.76. The van der Waals surface area contributed by atoms with E-state index in [1.165, 1.54) is 0 Å². The normalized spacial score (nSPS) is 10.6. The minimum Gasteiger partial charge on any atom is -0.352 e. The van der Waals surface area contributed by atoms with Crippen LogP contribution in [0.1, 0.15) is 23.7 Å². The van der Waals surface area contributed by atoms with Gasteiger partial charge in [0.15, 0.2) is 0 Å². The topological polar surface area (TPSA) is 34.0 Å². The Bertz CT molecular complexity index is 514. The molecule has 0 aliphatic rings. The number of nitrogens with one attached hydrogen (secondary N) is 1. The van der Waals surface area contributed by atoms with E-state index >= 15 is 0 Å². The van der Waals surface area contributed by atoms with Gasteiger partial charge >= 0.3 is 0 Å². The van der Waals surface area contributed by atoms with Gasteiger partial charge in [0.05, 0.1) is 0 Å². The van der Waals surface area contributed by atoms with Crippen LogP contribution in [-0.4, -0.2) is 17.0 Å². The summed E-state index contributed by atoms with van der Waals surface area (Å²) in [6, 6.07) is 7.80. The van der Waals surface area contributed by atoms with Crippen molar-refractivity contribution >= 4 is 16.8 Å². The minimum absolute atomic E-state index is 0.00704. The van der Waals surface area contributed by atoms with Gasteiger partial charge in [-0.05, 0) is 30.7 Å². The van der Waals surface area contributed by atoms with E-state index in [1.807, 2.05) is 49.0 Å². The molecule has 0 atom stereocenters. The van der Waals surface area contributed by atoms with Crippen molar-refractivity contribution < 1.29 is 4.79 Å². The average molecular weight is 216 g/mol. The molecule has 0 aliphatic heterocycles. The first-order valence-corrected chi connectivity index (χ1v) is 5.55. The third kappa shape index (κ3) is 1.94. The zero-order chi connectivity index (χ0) is 11.5. The molecule has 3 nitrogen and oxygen atoms in total. The van der Waals surface area contributed by atoms with Crippen LogP contribution >= 0.6 is 0 Å². The quantitative estimate of drug-likeness (QED) is 0.839. The van der Waals surface area contributed by atoms with Gasteiger partial charge in [0, 0.05) is 36.3 Å². The number of aryl methyl sites for hydroxylation is 1. The van der Waals surface area contributed by atoms with Crippen LogP contribution in [0.2, 0.25) is 0 Å². The Hall–Kier alpha value is -1.77. The van der Waals surface area contributed by atoms with E-state index < -0.39 is 0 Å². The minimum atomic E-state index is 0.00704. The number of rotatable bonds is 3. The number of carbonyl (C=O) groups excluding carboxylic acids is 1. The Balaban J connectivity index is 2.29. The van der Waals surface area contributed by atoms with Gasteiger partial charge in [0.1, 0.15) is 0 Å². The molecule has 0 aliphatic carbocycles. The Morgan fingerprint density at radius 1 is 1.38 bits per heavy atom. The van der Waals surface area contributed by atoms with Crippen LogP contribution in [0.25, 0.3) is 10.9 Å². The predicted molar refractivity (Wildman–Crippen MR) is 65.5 cm³/mol. The third-order valence-corrected chi connectivity index (χ3v) is 2.68. The summed E-state index contributed by atoms with van der Waals surface area (Å²) in [4.78, 5) is 11.7. The Morgan fingerprint density at radius 2 is 2.19 bits per heavy atom. The Labute approximate surface area is 95.1 Å². The monoisotopic (exact) mass is 216 g/mol. The van der Waals surface area contributed by atoms with E-state index in [0.29, 0.717) is 0 Å². The molecule has 2 aromatic rings. The van der Waals surface area contributed by atoms with Crippen LogP contribution < -0.4 is 5.32 Å². The van der Waals surface area contributed by atoms with Crippen molar-refractivity contribution in [1.29, 1.82) is 0 Å². The van der Waals surface area contributed by atoms with E-state index in [1.54, 1.807) is 0 Å². The number of hydrogen-bond donors (Lipinski definition) is 1. The maximum absolute atomic E-state index is 11.7. The molecule has 0 saturated carbocycles. The molecular formula is C13H16N2O. The summed E-state index contributed by atoms with van der Waals surface area (Å²) in [6.07, 6.45) is 2.96. The lowest BCUT2D eigenvalue weighted by Crippen LogP contribution is -2.23. The predicted octanol–water partition coefficient (Wildman–Crippen LogP) is 2.32. The summed E-state index contributed by atoms with van der Waals surface area (Å²) >= 11 is 0. The second-order valence-corrected chi connectivity index (χ2v) is 3.96. The number of amides is 1. The van der Waals surface area contributed by atoms with Gasteiger partial charge in [-0.3, -0.25) is 4.79 Å². The third-order valence-electron chi connectivity index (χ3n) is 2.68. The molecule has 0 radical (unpaired) electrons. The van der Waals surface area contributed by atoms with Crippen LogP contribution in [0, 0.1) is 0 Å². The van der Waals surface area contributed by atoms with Gasteiger partial charge in [-0.25, -0.2) is 0 Å². The highest BCUT2D eigenvalue weighted by Crippen LogP contribution is 2.16. The SMILES string of the molecule is CCCNC(=O)c1ccc2c(ccn2C)c1. The summed E-state index contributed by atoms with van der Waals surface area (Å²) in [5.41, 5.74) is 1.87. The first kappa shape index (κ1) is 10.7. The summed E-state index contributed by atoms with van der Waals surface area (Å²) in [6.45, 7) is 2.77. The van der Waals surface area contributed by atoms with Gasteiger partial charge in [0.25, 0.3) is 5.91 Å². The van der Waals surface area contributed by atoms with E-state index in [4.69, 9.17) is 0 Å². The Morgan fingerprint density at radius 3 is 2.94 bits per heavy atom. The highest BCUT2D eigenvalue weighted by atomic mass is 16.1. The van der Waals surface area contributed by atoms with Crippen LogP contribution in [0.3, 0.4) is 0 Å². The molecule has 84 valence electrons. The molecule has 1 amide bonds. The second kappa shape index (κ2) is 4.39. The number of hydrogen-bond acceptors (Lipinski definition) is 1. The van der Waals surface area contributed by atoms with Crippen LogP contribution in [0.4, 0.5) is 0 Å².